The molecule has 0 spiro atoms. The Hall–Kier alpha value is -1.90. The molecule has 0 atom stereocenters. The van der Waals surface area contributed by atoms with Crippen molar-refractivity contribution in [3.05, 3.63) is 0 Å². The van der Waals surface area contributed by atoms with Gasteiger partial charge in [-0.15, -0.1) is 0 Å². The lowest BCUT2D eigenvalue weighted by Crippen LogP contribution is -2.49. The molecule has 0 aliphatic carbocycles. The SMILES string of the molecule is COC(=O)CC[Si](OC(C)=O)(OC(C)=O)OC(C)=O. The zero-order valence-corrected chi connectivity index (χ0v) is 12.2. The Morgan fingerprint density at radius 1 is 0.842 bits per heavy atom. The van der Waals surface area contributed by atoms with E-state index >= 15 is 0 Å². The van der Waals surface area contributed by atoms with Gasteiger partial charge in [0.05, 0.1) is 19.6 Å². The normalized spacial score (nSPS) is 10.3. The minimum atomic E-state index is -3.91. The second-order valence-electron chi connectivity index (χ2n) is 3.54. The van der Waals surface area contributed by atoms with Gasteiger partial charge in [0, 0.05) is 20.8 Å². The van der Waals surface area contributed by atoms with E-state index in [-0.39, 0.29) is 12.5 Å². The predicted octanol–water partition coefficient (Wildman–Crippen LogP) is 0.178. The fourth-order valence-electron chi connectivity index (χ4n) is 1.23. The molecule has 0 fully saturated rings. The Labute approximate surface area is 111 Å². The van der Waals surface area contributed by atoms with Crippen LogP contribution in [0.5, 0.6) is 0 Å². The minimum absolute atomic E-state index is 0.212. The van der Waals surface area contributed by atoms with Gasteiger partial charge in [0.1, 0.15) is 0 Å². The number of carbonyl (C=O) groups excluding carboxylic acids is 4. The summed E-state index contributed by atoms with van der Waals surface area (Å²) in [7, 11) is -2.74. The summed E-state index contributed by atoms with van der Waals surface area (Å²) in [5.41, 5.74) is 0. The average molecular weight is 292 g/mol. The number of esters is 1. The van der Waals surface area contributed by atoms with Crippen molar-refractivity contribution in [1.82, 2.24) is 0 Å². The van der Waals surface area contributed by atoms with Crippen molar-refractivity contribution in [2.45, 2.75) is 33.2 Å². The molecule has 0 aliphatic heterocycles. The van der Waals surface area contributed by atoms with E-state index in [9.17, 15) is 19.2 Å². The van der Waals surface area contributed by atoms with Gasteiger partial charge in [-0.1, -0.05) is 0 Å². The van der Waals surface area contributed by atoms with Crippen LogP contribution in [0.15, 0.2) is 0 Å². The fourth-order valence-corrected chi connectivity index (χ4v) is 3.49. The Bertz CT molecular complexity index is 337. The molecule has 0 N–H and O–H groups in total. The Balaban J connectivity index is 5.08. The molecule has 0 heterocycles. The van der Waals surface area contributed by atoms with Crippen LogP contribution >= 0.6 is 0 Å². The van der Waals surface area contributed by atoms with Crippen molar-refractivity contribution >= 4 is 32.7 Å². The smallest absolute Gasteiger partial charge is 0.469 e. The van der Waals surface area contributed by atoms with Gasteiger partial charge in [0.25, 0.3) is 17.9 Å². The average Bonchev–Trinajstić information content (AvgIpc) is 2.22. The Morgan fingerprint density at radius 2 is 1.21 bits per heavy atom. The molecule has 0 aromatic heterocycles. The summed E-state index contributed by atoms with van der Waals surface area (Å²) in [5, 5.41) is 0. The third kappa shape index (κ3) is 7.19. The highest BCUT2D eigenvalue weighted by Gasteiger charge is 2.52. The zero-order chi connectivity index (χ0) is 15.1. The van der Waals surface area contributed by atoms with E-state index in [0.717, 1.165) is 20.8 Å². The largest absolute Gasteiger partial charge is 0.705 e. The van der Waals surface area contributed by atoms with Crippen LogP contribution in [0.2, 0.25) is 6.04 Å². The molecule has 0 radical (unpaired) electrons. The van der Waals surface area contributed by atoms with Gasteiger partial charge in [0.15, 0.2) is 0 Å². The van der Waals surface area contributed by atoms with E-state index in [1.807, 2.05) is 0 Å². The Morgan fingerprint density at radius 3 is 1.47 bits per heavy atom. The highest BCUT2D eigenvalue weighted by molar-refractivity contribution is 6.65. The minimum Gasteiger partial charge on any atom is -0.469 e. The number of hydrogen-bond acceptors (Lipinski definition) is 8. The van der Waals surface area contributed by atoms with Gasteiger partial charge >= 0.3 is 14.8 Å². The highest BCUT2D eigenvalue weighted by Crippen LogP contribution is 2.19. The van der Waals surface area contributed by atoms with Crippen molar-refractivity contribution in [2.24, 2.45) is 0 Å². The summed E-state index contributed by atoms with van der Waals surface area (Å²) >= 11 is 0. The Kier molecular flexibility index (Phi) is 6.76. The van der Waals surface area contributed by atoms with Crippen LogP contribution in [0.4, 0.5) is 0 Å². The second-order valence-corrected chi connectivity index (χ2v) is 6.02. The van der Waals surface area contributed by atoms with Crippen LogP contribution in [-0.4, -0.2) is 39.8 Å². The first-order valence-electron chi connectivity index (χ1n) is 5.36. The van der Waals surface area contributed by atoms with E-state index in [0.29, 0.717) is 0 Å². The molecule has 0 aromatic carbocycles. The monoisotopic (exact) mass is 292 g/mol. The lowest BCUT2D eigenvalue weighted by atomic mass is 10.5. The first kappa shape index (κ1) is 17.1. The molecule has 0 rings (SSSR count). The molecule has 19 heavy (non-hydrogen) atoms. The van der Waals surface area contributed by atoms with Crippen LogP contribution in [0, 0.1) is 0 Å². The molecule has 108 valence electrons. The molecule has 9 heteroatoms. The maximum Gasteiger partial charge on any atom is 0.705 e. The van der Waals surface area contributed by atoms with E-state index in [1.54, 1.807) is 0 Å². The van der Waals surface area contributed by atoms with Gasteiger partial charge in [-0.3, -0.25) is 19.2 Å². The van der Waals surface area contributed by atoms with Crippen molar-refractivity contribution in [3.8, 4) is 0 Å². The van der Waals surface area contributed by atoms with Gasteiger partial charge < -0.3 is 18.0 Å². The van der Waals surface area contributed by atoms with Crippen molar-refractivity contribution in [2.75, 3.05) is 7.11 Å². The molecule has 0 aliphatic rings. The van der Waals surface area contributed by atoms with Crippen molar-refractivity contribution in [3.63, 3.8) is 0 Å². The maximum absolute atomic E-state index is 11.1. The van der Waals surface area contributed by atoms with Crippen LogP contribution < -0.4 is 0 Å². The predicted molar refractivity (Wildman–Crippen MR) is 62.5 cm³/mol. The van der Waals surface area contributed by atoms with Crippen molar-refractivity contribution in [1.29, 1.82) is 0 Å². The standard InChI is InChI=1S/C10H16O8Si/c1-7(11)16-19(17-8(2)12,18-9(3)13)6-5-10(14)15-4/h5-6H2,1-4H3. The quantitative estimate of drug-likeness (QED) is 0.504. The van der Waals surface area contributed by atoms with E-state index in [4.69, 9.17) is 13.3 Å². The zero-order valence-electron chi connectivity index (χ0n) is 11.2. The number of carbonyl (C=O) groups is 4. The van der Waals surface area contributed by atoms with Crippen LogP contribution in [-0.2, 0) is 37.2 Å². The molecular formula is C10H16O8Si. The molecule has 0 saturated carbocycles. The van der Waals surface area contributed by atoms with Gasteiger partial charge in [-0.25, -0.2) is 0 Å². The summed E-state index contributed by atoms with van der Waals surface area (Å²) in [4.78, 5) is 44.2. The van der Waals surface area contributed by atoms with E-state index in [2.05, 4.69) is 4.74 Å². The fraction of sp³-hybridized carbons (Fsp3) is 0.600. The molecule has 0 amide bonds. The topological polar surface area (TPSA) is 105 Å². The molecule has 0 bridgehead atoms. The summed E-state index contributed by atoms with van der Waals surface area (Å²) in [6, 6.07) is -0.224. The first-order chi connectivity index (χ1) is 8.70. The lowest BCUT2D eigenvalue weighted by Gasteiger charge is -2.25. The summed E-state index contributed by atoms with van der Waals surface area (Å²) < 4.78 is 19.0. The molecule has 0 saturated heterocycles. The second kappa shape index (κ2) is 7.51. The van der Waals surface area contributed by atoms with E-state index < -0.39 is 32.7 Å². The van der Waals surface area contributed by atoms with Gasteiger partial charge in [-0.05, 0) is 0 Å². The molecule has 0 unspecified atom stereocenters. The summed E-state index contributed by atoms with van der Waals surface area (Å²) in [6.45, 7) is 3.23. The number of hydrogen-bond donors (Lipinski definition) is 0. The molecule has 0 aromatic rings. The lowest BCUT2D eigenvalue weighted by molar-refractivity contribution is -0.149. The summed E-state index contributed by atoms with van der Waals surface area (Å²) in [5.74, 6) is -2.94. The van der Waals surface area contributed by atoms with Crippen LogP contribution in [0.25, 0.3) is 0 Å². The highest BCUT2D eigenvalue weighted by atomic mass is 28.4. The number of ether oxygens (including phenoxy) is 1. The molecular weight excluding hydrogens is 276 g/mol. The van der Waals surface area contributed by atoms with E-state index in [1.165, 1.54) is 7.11 Å². The number of methoxy groups -OCH3 is 1. The first-order valence-corrected chi connectivity index (χ1v) is 7.29. The maximum atomic E-state index is 11.1. The van der Waals surface area contributed by atoms with Crippen LogP contribution in [0.3, 0.4) is 0 Å². The van der Waals surface area contributed by atoms with Crippen molar-refractivity contribution < 1.29 is 37.2 Å². The third-order valence-corrected chi connectivity index (χ3v) is 4.42. The van der Waals surface area contributed by atoms with Gasteiger partial charge in [0.2, 0.25) is 0 Å². The summed E-state index contributed by atoms with van der Waals surface area (Å²) in [6.07, 6.45) is -0.212. The number of rotatable bonds is 6. The van der Waals surface area contributed by atoms with Gasteiger partial charge in [-0.2, -0.15) is 0 Å². The third-order valence-electron chi connectivity index (χ3n) is 1.76. The molecule has 8 nitrogen and oxygen atoms in total. The van der Waals surface area contributed by atoms with Crippen LogP contribution in [0.1, 0.15) is 27.2 Å².